The predicted molar refractivity (Wildman–Crippen MR) is 135 cm³/mol. The first kappa shape index (κ1) is 23.6. The lowest BCUT2D eigenvalue weighted by Crippen LogP contribution is -2.25. The van der Waals surface area contributed by atoms with Gasteiger partial charge in [0.1, 0.15) is 23.9 Å². The number of fused-ring (bicyclic) bond motifs is 1. The van der Waals surface area contributed by atoms with Gasteiger partial charge in [0.15, 0.2) is 0 Å². The first-order chi connectivity index (χ1) is 16.6. The number of benzene rings is 3. The van der Waals surface area contributed by atoms with Crippen LogP contribution >= 0.6 is 11.6 Å². The van der Waals surface area contributed by atoms with Crippen LogP contribution in [0.2, 0.25) is 5.02 Å². The molecule has 1 aromatic heterocycles. The van der Waals surface area contributed by atoms with Gasteiger partial charge in [-0.15, -0.1) is 0 Å². The van der Waals surface area contributed by atoms with Crippen LogP contribution in [0.4, 0.5) is 0 Å². The highest BCUT2D eigenvalue weighted by Crippen LogP contribution is 2.22. The molecule has 0 aliphatic heterocycles. The summed E-state index contributed by atoms with van der Waals surface area (Å²) in [4.78, 5) is 17.4. The summed E-state index contributed by atoms with van der Waals surface area (Å²) in [5, 5.41) is 3.71. The molecule has 176 valence electrons. The van der Waals surface area contributed by atoms with Crippen LogP contribution in [0, 0.1) is 6.92 Å². The number of amides is 1. The van der Waals surface area contributed by atoms with Gasteiger partial charge in [0.25, 0.3) is 5.91 Å². The molecule has 0 saturated heterocycles. The molecule has 1 N–H and O–H groups in total. The van der Waals surface area contributed by atoms with Crippen molar-refractivity contribution >= 4 is 28.5 Å². The average molecular weight is 478 g/mol. The van der Waals surface area contributed by atoms with E-state index in [4.69, 9.17) is 26.1 Å². The first-order valence-corrected chi connectivity index (χ1v) is 11.7. The SMILES string of the molecule is COc1ccccc1C(=O)NCCCc1nc2ccccc2n1CCOc1ccc(Cl)c(C)c1. The number of carbonyl (C=O) groups excluding carboxylic acids is 1. The number of hydrogen-bond donors (Lipinski definition) is 1. The van der Waals surface area contributed by atoms with Gasteiger partial charge in [-0.2, -0.15) is 0 Å². The van der Waals surface area contributed by atoms with Crippen molar-refractivity contribution in [1.29, 1.82) is 0 Å². The van der Waals surface area contributed by atoms with Crippen LogP contribution in [0.15, 0.2) is 66.7 Å². The summed E-state index contributed by atoms with van der Waals surface area (Å²) in [6.07, 6.45) is 1.50. The number of ether oxygens (including phenoxy) is 2. The zero-order valence-corrected chi connectivity index (χ0v) is 20.1. The van der Waals surface area contributed by atoms with Crippen LogP contribution in [0.5, 0.6) is 11.5 Å². The second-order valence-corrected chi connectivity index (χ2v) is 8.39. The molecule has 3 aromatic carbocycles. The van der Waals surface area contributed by atoms with Crippen LogP contribution < -0.4 is 14.8 Å². The minimum Gasteiger partial charge on any atom is -0.496 e. The number of methoxy groups -OCH3 is 1. The number of imidazole rings is 1. The quantitative estimate of drug-likeness (QED) is 0.308. The molecule has 0 bridgehead atoms. The van der Waals surface area contributed by atoms with Crippen LogP contribution in [0.25, 0.3) is 11.0 Å². The van der Waals surface area contributed by atoms with Crippen molar-refractivity contribution in [1.82, 2.24) is 14.9 Å². The van der Waals surface area contributed by atoms with Crippen LogP contribution in [-0.2, 0) is 13.0 Å². The van der Waals surface area contributed by atoms with Gasteiger partial charge in [-0.25, -0.2) is 4.98 Å². The number of para-hydroxylation sites is 3. The second kappa shape index (κ2) is 11.1. The van der Waals surface area contributed by atoms with E-state index in [0.717, 1.165) is 46.0 Å². The number of aryl methyl sites for hydroxylation is 2. The zero-order chi connectivity index (χ0) is 23.9. The highest BCUT2D eigenvalue weighted by molar-refractivity contribution is 6.31. The van der Waals surface area contributed by atoms with Gasteiger partial charge >= 0.3 is 0 Å². The summed E-state index contributed by atoms with van der Waals surface area (Å²) < 4.78 is 13.4. The lowest BCUT2D eigenvalue weighted by Gasteiger charge is -2.12. The number of halogens is 1. The molecular formula is C27H28ClN3O3. The Kier molecular flexibility index (Phi) is 7.70. The maximum Gasteiger partial charge on any atom is 0.255 e. The molecular weight excluding hydrogens is 450 g/mol. The summed E-state index contributed by atoms with van der Waals surface area (Å²) in [5.74, 6) is 2.20. The molecule has 4 aromatic rings. The number of nitrogens with zero attached hydrogens (tertiary/aromatic N) is 2. The molecule has 0 atom stereocenters. The Morgan fingerprint density at radius 2 is 1.88 bits per heavy atom. The highest BCUT2D eigenvalue weighted by atomic mass is 35.5. The van der Waals surface area contributed by atoms with Crippen LogP contribution in [0.3, 0.4) is 0 Å². The van der Waals surface area contributed by atoms with E-state index in [1.807, 2.05) is 55.5 Å². The van der Waals surface area contributed by atoms with Crippen molar-refractivity contribution in [2.75, 3.05) is 20.3 Å². The van der Waals surface area contributed by atoms with E-state index in [2.05, 4.69) is 16.0 Å². The third-order valence-corrected chi connectivity index (χ3v) is 6.09. The molecule has 7 heteroatoms. The minimum atomic E-state index is -0.141. The van der Waals surface area contributed by atoms with E-state index < -0.39 is 0 Å². The van der Waals surface area contributed by atoms with Crippen molar-refractivity contribution in [3.8, 4) is 11.5 Å². The van der Waals surface area contributed by atoms with E-state index in [0.29, 0.717) is 31.0 Å². The van der Waals surface area contributed by atoms with Crippen molar-refractivity contribution in [3.05, 3.63) is 88.7 Å². The largest absolute Gasteiger partial charge is 0.496 e. The zero-order valence-electron chi connectivity index (χ0n) is 19.4. The standard InChI is InChI=1S/C27H28ClN3O3/c1-19-18-20(13-14-22(19)28)34-17-16-31-24-10-5-4-9-23(24)30-26(31)12-7-15-29-27(32)21-8-3-6-11-25(21)33-2/h3-6,8-11,13-14,18H,7,12,15-17H2,1-2H3,(H,29,32). The van der Waals surface area contributed by atoms with Gasteiger partial charge in [0.2, 0.25) is 0 Å². The molecule has 0 fully saturated rings. The third kappa shape index (κ3) is 5.51. The number of nitrogens with one attached hydrogen (secondary N) is 1. The van der Waals surface area contributed by atoms with Crippen molar-refractivity contribution < 1.29 is 14.3 Å². The Hall–Kier alpha value is -3.51. The smallest absolute Gasteiger partial charge is 0.255 e. The van der Waals surface area contributed by atoms with Gasteiger partial charge in [-0.1, -0.05) is 35.9 Å². The average Bonchev–Trinajstić information content (AvgIpc) is 3.21. The summed E-state index contributed by atoms with van der Waals surface area (Å²) in [6.45, 7) is 3.69. The molecule has 0 aliphatic carbocycles. The van der Waals surface area contributed by atoms with Gasteiger partial charge in [0, 0.05) is 18.0 Å². The summed E-state index contributed by atoms with van der Waals surface area (Å²) in [7, 11) is 1.56. The maximum atomic E-state index is 12.5. The summed E-state index contributed by atoms with van der Waals surface area (Å²) in [6, 6.07) is 21.0. The fraction of sp³-hybridized carbons (Fsp3) is 0.259. The van der Waals surface area contributed by atoms with E-state index >= 15 is 0 Å². The number of carbonyl (C=O) groups is 1. The van der Waals surface area contributed by atoms with Gasteiger partial charge < -0.3 is 19.4 Å². The number of rotatable bonds is 10. The summed E-state index contributed by atoms with van der Waals surface area (Å²) >= 11 is 6.11. The molecule has 0 saturated carbocycles. The number of hydrogen-bond acceptors (Lipinski definition) is 4. The molecule has 0 aliphatic rings. The van der Waals surface area contributed by atoms with Crippen molar-refractivity contribution in [2.45, 2.75) is 26.3 Å². The molecule has 0 unspecified atom stereocenters. The first-order valence-electron chi connectivity index (χ1n) is 11.3. The van der Waals surface area contributed by atoms with Crippen LogP contribution in [0.1, 0.15) is 28.2 Å². The lowest BCUT2D eigenvalue weighted by molar-refractivity contribution is 0.0950. The molecule has 6 nitrogen and oxygen atoms in total. The van der Waals surface area contributed by atoms with E-state index in [1.54, 1.807) is 19.2 Å². The Bertz CT molecular complexity index is 1290. The molecule has 1 heterocycles. The monoisotopic (exact) mass is 477 g/mol. The Labute approximate surface area is 204 Å². The minimum absolute atomic E-state index is 0.141. The predicted octanol–water partition coefficient (Wildman–Crippen LogP) is 5.45. The molecule has 34 heavy (non-hydrogen) atoms. The molecule has 0 spiro atoms. The fourth-order valence-electron chi connectivity index (χ4n) is 3.90. The Morgan fingerprint density at radius 1 is 1.09 bits per heavy atom. The Morgan fingerprint density at radius 3 is 2.71 bits per heavy atom. The summed E-state index contributed by atoms with van der Waals surface area (Å²) in [5.41, 5.74) is 3.55. The van der Waals surface area contributed by atoms with Crippen LogP contribution in [-0.4, -0.2) is 35.7 Å². The maximum absolute atomic E-state index is 12.5. The normalized spacial score (nSPS) is 10.9. The van der Waals surface area contributed by atoms with Crippen molar-refractivity contribution in [2.24, 2.45) is 0 Å². The Balaban J connectivity index is 1.37. The molecule has 0 radical (unpaired) electrons. The number of aromatic nitrogens is 2. The topological polar surface area (TPSA) is 65.4 Å². The molecule has 4 rings (SSSR count). The second-order valence-electron chi connectivity index (χ2n) is 7.99. The molecule has 1 amide bonds. The fourth-order valence-corrected chi connectivity index (χ4v) is 4.02. The van der Waals surface area contributed by atoms with Gasteiger partial charge in [-0.05, 0) is 61.4 Å². The van der Waals surface area contributed by atoms with E-state index in [1.165, 1.54) is 0 Å². The lowest BCUT2D eigenvalue weighted by atomic mass is 10.2. The van der Waals surface area contributed by atoms with Crippen molar-refractivity contribution in [3.63, 3.8) is 0 Å². The van der Waals surface area contributed by atoms with Gasteiger partial charge in [-0.3, -0.25) is 4.79 Å². The van der Waals surface area contributed by atoms with Gasteiger partial charge in [0.05, 0.1) is 30.3 Å². The highest BCUT2D eigenvalue weighted by Gasteiger charge is 2.13. The van der Waals surface area contributed by atoms with E-state index in [-0.39, 0.29) is 5.91 Å². The van der Waals surface area contributed by atoms with E-state index in [9.17, 15) is 4.79 Å². The third-order valence-electron chi connectivity index (χ3n) is 5.66.